The van der Waals surface area contributed by atoms with E-state index in [0.29, 0.717) is 18.7 Å². The molecule has 1 aromatic heterocycles. The molecule has 0 unspecified atom stereocenters. The fourth-order valence-corrected chi connectivity index (χ4v) is 2.22. The van der Waals surface area contributed by atoms with Crippen molar-refractivity contribution in [3.8, 4) is 5.75 Å². The highest BCUT2D eigenvalue weighted by Gasteiger charge is 2.12. The van der Waals surface area contributed by atoms with Gasteiger partial charge in [0.05, 0.1) is 24.0 Å². The summed E-state index contributed by atoms with van der Waals surface area (Å²) in [6.45, 7) is 1.10. The molecule has 1 heterocycles. The van der Waals surface area contributed by atoms with Crippen LogP contribution in [-0.2, 0) is 6.54 Å². The van der Waals surface area contributed by atoms with Crippen LogP contribution in [0.4, 0.5) is 0 Å². The van der Waals surface area contributed by atoms with E-state index in [1.807, 2.05) is 41.0 Å². The van der Waals surface area contributed by atoms with Gasteiger partial charge in [-0.3, -0.25) is 0 Å². The summed E-state index contributed by atoms with van der Waals surface area (Å²) in [5.41, 5.74) is 1.52. The highest BCUT2D eigenvalue weighted by molar-refractivity contribution is 6.00. The molecular weight excluding hydrogens is 268 g/mol. The number of para-hydroxylation sites is 2. The summed E-state index contributed by atoms with van der Waals surface area (Å²) in [6.07, 6.45) is 1.64. The minimum absolute atomic E-state index is 0.218. The van der Waals surface area contributed by atoms with Crippen molar-refractivity contribution >= 4 is 17.0 Å². The van der Waals surface area contributed by atoms with Crippen LogP contribution in [0.2, 0.25) is 0 Å². The van der Waals surface area contributed by atoms with Crippen LogP contribution in [0.3, 0.4) is 0 Å². The first-order valence-corrected chi connectivity index (χ1v) is 6.61. The molecule has 2 aromatic carbocycles. The van der Waals surface area contributed by atoms with Crippen molar-refractivity contribution in [3.05, 3.63) is 60.4 Å². The lowest BCUT2D eigenvalue weighted by Crippen LogP contribution is -2.07. The number of rotatable bonds is 5. The average Bonchev–Trinajstić information content (AvgIpc) is 2.91. The molecule has 0 saturated carbocycles. The van der Waals surface area contributed by atoms with Crippen molar-refractivity contribution in [2.75, 3.05) is 6.61 Å². The second-order valence-corrected chi connectivity index (χ2v) is 4.58. The quantitative estimate of drug-likeness (QED) is 0.781. The summed E-state index contributed by atoms with van der Waals surface area (Å²) in [5, 5.41) is 9.14. The Morgan fingerprint density at radius 2 is 1.95 bits per heavy atom. The van der Waals surface area contributed by atoms with Gasteiger partial charge in [0.15, 0.2) is 0 Å². The van der Waals surface area contributed by atoms with E-state index in [2.05, 4.69) is 4.98 Å². The minimum Gasteiger partial charge on any atom is -0.492 e. The lowest BCUT2D eigenvalue weighted by Gasteiger charge is -2.07. The van der Waals surface area contributed by atoms with Crippen LogP contribution in [0.25, 0.3) is 11.0 Å². The molecule has 3 aromatic rings. The Hall–Kier alpha value is -2.82. The van der Waals surface area contributed by atoms with Gasteiger partial charge in [-0.25, -0.2) is 9.78 Å². The van der Waals surface area contributed by atoms with E-state index < -0.39 is 5.97 Å². The molecule has 0 radical (unpaired) electrons. The van der Waals surface area contributed by atoms with Crippen molar-refractivity contribution in [1.82, 2.24) is 9.55 Å². The largest absolute Gasteiger partial charge is 0.492 e. The number of aromatic carboxylic acids is 1. The zero-order chi connectivity index (χ0) is 14.7. The van der Waals surface area contributed by atoms with Gasteiger partial charge in [0.25, 0.3) is 0 Å². The molecule has 3 rings (SSSR count). The summed E-state index contributed by atoms with van der Waals surface area (Å²) >= 11 is 0. The maximum Gasteiger partial charge on any atom is 0.337 e. The third-order valence-electron chi connectivity index (χ3n) is 3.22. The van der Waals surface area contributed by atoms with Crippen molar-refractivity contribution < 1.29 is 14.6 Å². The molecule has 0 amide bonds. The van der Waals surface area contributed by atoms with Gasteiger partial charge in [-0.15, -0.1) is 0 Å². The summed E-state index contributed by atoms with van der Waals surface area (Å²) in [6, 6.07) is 14.7. The fourth-order valence-electron chi connectivity index (χ4n) is 2.22. The Labute approximate surface area is 121 Å². The number of carboxylic acid groups (broad SMARTS) is 1. The Bertz CT molecular complexity index is 766. The number of imidazole rings is 1. The van der Waals surface area contributed by atoms with Gasteiger partial charge in [0.1, 0.15) is 17.9 Å². The maximum atomic E-state index is 11.1. The second kappa shape index (κ2) is 5.66. The number of carboxylic acids is 1. The predicted octanol–water partition coefficient (Wildman–Crippen LogP) is 2.81. The zero-order valence-corrected chi connectivity index (χ0v) is 11.3. The highest BCUT2D eigenvalue weighted by Crippen LogP contribution is 2.17. The van der Waals surface area contributed by atoms with E-state index in [4.69, 9.17) is 9.84 Å². The molecule has 0 aliphatic carbocycles. The van der Waals surface area contributed by atoms with E-state index in [1.165, 1.54) is 0 Å². The van der Waals surface area contributed by atoms with Crippen LogP contribution >= 0.6 is 0 Å². The number of nitrogens with zero attached hydrogens (tertiary/aromatic N) is 2. The van der Waals surface area contributed by atoms with E-state index in [-0.39, 0.29) is 5.56 Å². The number of aromatic nitrogens is 2. The Kier molecular flexibility index (Phi) is 3.55. The molecule has 0 atom stereocenters. The minimum atomic E-state index is -0.966. The van der Waals surface area contributed by atoms with E-state index in [1.54, 1.807) is 18.5 Å². The monoisotopic (exact) mass is 282 g/mol. The Morgan fingerprint density at radius 3 is 2.71 bits per heavy atom. The zero-order valence-electron chi connectivity index (χ0n) is 11.3. The molecule has 106 valence electrons. The predicted molar refractivity (Wildman–Crippen MR) is 78.6 cm³/mol. The molecular formula is C16H14N2O3. The molecule has 5 nitrogen and oxygen atoms in total. The molecule has 0 aliphatic heterocycles. The smallest absolute Gasteiger partial charge is 0.337 e. The van der Waals surface area contributed by atoms with E-state index >= 15 is 0 Å². The Balaban J connectivity index is 1.76. The van der Waals surface area contributed by atoms with Gasteiger partial charge in [0, 0.05) is 0 Å². The standard InChI is InChI=1S/C16H14N2O3/c19-16(20)13-7-4-8-14-15(13)17-11-18(14)9-10-21-12-5-2-1-3-6-12/h1-8,11H,9-10H2,(H,19,20). The van der Waals surface area contributed by atoms with Crippen molar-refractivity contribution in [2.45, 2.75) is 6.54 Å². The normalized spacial score (nSPS) is 10.7. The lowest BCUT2D eigenvalue weighted by atomic mass is 10.2. The maximum absolute atomic E-state index is 11.1. The van der Waals surface area contributed by atoms with Crippen molar-refractivity contribution in [2.24, 2.45) is 0 Å². The molecule has 0 bridgehead atoms. The van der Waals surface area contributed by atoms with Gasteiger partial charge >= 0.3 is 5.97 Å². The van der Waals surface area contributed by atoms with Crippen LogP contribution in [-0.4, -0.2) is 27.2 Å². The van der Waals surface area contributed by atoms with Crippen LogP contribution in [0.15, 0.2) is 54.9 Å². The molecule has 1 N–H and O–H groups in total. The molecule has 21 heavy (non-hydrogen) atoms. The first-order valence-electron chi connectivity index (χ1n) is 6.61. The number of ether oxygens (including phenoxy) is 1. The number of fused-ring (bicyclic) bond motifs is 1. The van der Waals surface area contributed by atoms with E-state index in [0.717, 1.165) is 11.3 Å². The highest BCUT2D eigenvalue weighted by atomic mass is 16.5. The number of hydrogen-bond acceptors (Lipinski definition) is 3. The lowest BCUT2D eigenvalue weighted by molar-refractivity contribution is 0.0699. The summed E-state index contributed by atoms with van der Waals surface area (Å²) in [4.78, 5) is 15.3. The van der Waals surface area contributed by atoms with Gasteiger partial charge in [-0.1, -0.05) is 24.3 Å². The second-order valence-electron chi connectivity index (χ2n) is 4.58. The summed E-state index contributed by atoms with van der Waals surface area (Å²) < 4.78 is 7.53. The van der Waals surface area contributed by atoms with Crippen LogP contribution in [0.5, 0.6) is 5.75 Å². The summed E-state index contributed by atoms with van der Waals surface area (Å²) in [7, 11) is 0. The van der Waals surface area contributed by atoms with Crippen molar-refractivity contribution in [3.63, 3.8) is 0 Å². The molecule has 0 spiro atoms. The van der Waals surface area contributed by atoms with Gasteiger partial charge in [-0.2, -0.15) is 0 Å². The fraction of sp³-hybridized carbons (Fsp3) is 0.125. The first-order chi connectivity index (χ1) is 10.3. The number of benzene rings is 2. The average molecular weight is 282 g/mol. The third-order valence-corrected chi connectivity index (χ3v) is 3.22. The van der Waals surface area contributed by atoms with Crippen LogP contribution < -0.4 is 4.74 Å². The third kappa shape index (κ3) is 2.72. The molecule has 0 saturated heterocycles. The van der Waals surface area contributed by atoms with Crippen molar-refractivity contribution in [1.29, 1.82) is 0 Å². The molecule has 5 heteroatoms. The van der Waals surface area contributed by atoms with Crippen LogP contribution in [0.1, 0.15) is 10.4 Å². The van der Waals surface area contributed by atoms with Gasteiger partial charge < -0.3 is 14.4 Å². The van der Waals surface area contributed by atoms with Gasteiger partial charge in [0.2, 0.25) is 0 Å². The van der Waals surface area contributed by atoms with E-state index in [9.17, 15) is 4.79 Å². The topological polar surface area (TPSA) is 64.3 Å². The molecule has 0 aliphatic rings. The number of carbonyl (C=O) groups is 1. The molecule has 0 fully saturated rings. The van der Waals surface area contributed by atoms with Gasteiger partial charge in [-0.05, 0) is 24.3 Å². The van der Waals surface area contributed by atoms with Crippen LogP contribution in [0, 0.1) is 0 Å². The number of hydrogen-bond donors (Lipinski definition) is 1. The first kappa shape index (κ1) is 13.2. The summed E-state index contributed by atoms with van der Waals surface area (Å²) in [5.74, 6) is -0.153. The Morgan fingerprint density at radius 1 is 1.14 bits per heavy atom. The SMILES string of the molecule is O=C(O)c1cccc2c1ncn2CCOc1ccccc1.